The lowest BCUT2D eigenvalue weighted by Gasteiger charge is -2.21. The number of ether oxygens (including phenoxy) is 2. The summed E-state index contributed by atoms with van der Waals surface area (Å²) in [5, 5.41) is 2.75. The number of nitrogens with one attached hydrogen (secondary N) is 1. The van der Waals surface area contributed by atoms with Crippen LogP contribution in [0.1, 0.15) is 18.5 Å². The van der Waals surface area contributed by atoms with Crippen LogP contribution in [0.4, 0.5) is 0 Å². The van der Waals surface area contributed by atoms with Crippen LogP contribution in [0, 0.1) is 0 Å². The van der Waals surface area contributed by atoms with E-state index in [0.29, 0.717) is 24.7 Å². The average Bonchev–Trinajstić information content (AvgIpc) is 2.77. The summed E-state index contributed by atoms with van der Waals surface area (Å²) in [7, 11) is 0. The highest BCUT2D eigenvalue weighted by molar-refractivity contribution is 5.76. The standard InChI is InChI=1S/C21H24N4O6/c1-4-8-23-19(27)24(9-5-2)21(29)25(20(23)28)13-18(26)22-14(3)15-6-7-16-17(12-15)31-11-10-30-16/h4-7,12,14H,1-2,8-11,13H2,3H3,(H,22,26). The molecule has 1 amide bonds. The minimum atomic E-state index is -0.877. The zero-order valence-corrected chi connectivity index (χ0v) is 17.2. The first-order valence-corrected chi connectivity index (χ1v) is 9.72. The molecule has 1 aliphatic heterocycles. The fourth-order valence-corrected chi connectivity index (χ4v) is 3.23. The van der Waals surface area contributed by atoms with Gasteiger partial charge in [0.05, 0.1) is 19.1 Å². The van der Waals surface area contributed by atoms with Crippen LogP contribution in [0.15, 0.2) is 57.9 Å². The van der Waals surface area contributed by atoms with Gasteiger partial charge in [0.2, 0.25) is 5.91 Å². The molecule has 1 aromatic carbocycles. The molecule has 0 radical (unpaired) electrons. The summed E-state index contributed by atoms with van der Waals surface area (Å²) in [5.41, 5.74) is -1.77. The van der Waals surface area contributed by atoms with Crippen molar-refractivity contribution in [1.29, 1.82) is 0 Å². The second-order valence-electron chi connectivity index (χ2n) is 6.92. The first kappa shape index (κ1) is 21.9. The molecule has 0 aliphatic carbocycles. The Kier molecular flexibility index (Phi) is 6.58. The minimum Gasteiger partial charge on any atom is -0.486 e. The molecule has 0 fully saturated rings. The number of carbonyl (C=O) groups is 1. The van der Waals surface area contributed by atoms with Crippen LogP contribution >= 0.6 is 0 Å². The fourth-order valence-electron chi connectivity index (χ4n) is 3.23. The second-order valence-corrected chi connectivity index (χ2v) is 6.92. The maximum absolute atomic E-state index is 12.6. The van der Waals surface area contributed by atoms with Crippen LogP contribution in [-0.2, 0) is 24.4 Å². The van der Waals surface area contributed by atoms with Gasteiger partial charge in [0.15, 0.2) is 11.5 Å². The summed E-state index contributed by atoms with van der Waals surface area (Å²) in [5.74, 6) is 0.660. The Morgan fingerprint density at radius 2 is 1.55 bits per heavy atom. The van der Waals surface area contributed by atoms with E-state index in [1.54, 1.807) is 25.1 Å². The van der Waals surface area contributed by atoms with Gasteiger partial charge >= 0.3 is 17.1 Å². The molecule has 1 aliphatic rings. The number of nitrogens with zero attached hydrogens (tertiary/aromatic N) is 3. The lowest BCUT2D eigenvalue weighted by molar-refractivity contribution is -0.122. The number of amides is 1. The van der Waals surface area contributed by atoms with Gasteiger partial charge in [0, 0.05) is 0 Å². The van der Waals surface area contributed by atoms with Crippen LogP contribution in [0.5, 0.6) is 11.5 Å². The van der Waals surface area contributed by atoms with Gasteiger partial charge in [-0.2, -0.15) is 0 Å². The number of benzene rings is 1. The van der Waals surface area contributed by atoms with Crippen molar-refractivity contribution in [1.82, 2.24) is 19.0 Å². The van der Waals surface area contributed by atoms with Crippen molar-refractivity contribution in [3.63, 3.8) is 0 Å². The van der Waals surface area contributed by atoms with Crippen molar-refractivity contribution in [2.24, 2.45) is 0 Å². The van der Waals surface area contributed by atoms with E-state index < -0.39 is 35.6 Å². The van der Waals surface area contributed by atoms with Crippen molar-refractivity contribution >= 4 is 5.91 Å². The second kappa shape index (κ2) is 9.33. The van der Waals surface area contributed by atoms with Crippen LogP contribution in [0.3, 0.4) is 0 Å². The Balaban J connectivity index is 1.85. The number of aromatic nitrogens is 3. The molecule has 1 aromatic heterocycles. The monoisotopic (exact) mass is 428 g/mol. The number of allylic oxidation sites excluding steroid dienone is 2. The van der Waals surface area contributed by atoms with E-state index in [0.717, 1.165) is 19.3 Å². The van der Waals surface area contributed by atoms with Gasteiger partial charge in [0.1, 0.15) is 19.8 Å². The van der Waals surface area contributed by atoms with Gasteiger partial charge < -0.3 is 14.8 Å². The van der Waals surface area contributed by atoms with E-state index in [4.69, 9.17) is 9.47 Å². The fraction of sp³-hybridized carbons (Fsp3) is 0.333. The maximum Gasteiger partial charge on any atom is 0.337 e. The molecule has 0 bridgehead atoms. The van der Waals surface area contributed by atoms with Gasteiger partial charge in [0.25, 0.3) is 0 Å². The van der Waals surface area contributed by atoms with E-state index >= 15 is 0 Å². The van der Waals surface area contributed by atoms with E-state index in [9.17, 15) is 19.2 Å². The van der Waals surface area contributed by atoms with Crippen molar-refractivity contribution in [3.05, 3.63) is 80.5 Å². The largest absolute Gasteiger partial charge is 0.486 e. The zero-order valence-electron chi connectivity index (χ0n) is 17.2. The zero-order chi connectivity index (χ0) is 22.5. The molecule has 0 spiro atoms. The van der Waals surface area contributed by atoms with Crippen LogP contribution in [0.25, 0.3) is 0 Å². The normalized spacial score (nSPS) is 13.3. The lowest BCUT2D eigenvalue weighted by Crippen LogP contribution is -2.55. The lowest BCUT2D eigenvalue weighted by atomic mass is 10.1. The Morgan fingerprint density at radius 3 is 2.13 bits per heavy atom. The van der Waals surface area contributed by atoms with Crippen molar-refractivity contribution in [2.75, 3.05) is 13.2 Å². The minimum absolute atomic E-state index is 0.0929. The number of hydrogen-bond donors (Lipinski definition) is 1. The van der Waals surface area contributed by atoms with Crippen LogP contribution in [0.2, 0.25) is 0 Å². The highest BCUT2D eigenvalue weighted by Crippen LogP contribution is 2.32. The topological polar surface area (TPSA) is 114 Å². The molecule has 2 aromatic rings. The maximum atomic E-state index is 12.6. The molecule has 0 saturated heterocycles. The first-order valence-electron chi connectivity index (χ1n) is 9.72. The summed E-state index contributed by atoms with van der Waals surface area (Å²) < 4.78 is 13.4. The summed E-state index contributed by atoms with van der Waals surface area (Å²) in [6.07, 6.45) is 2.72. The summed E-state index contributed by atoms with van der Waals surface area (Å²) in [6, 6.07) is 4.91. The Bertz CT molecular complexity index is 1140. The van der Waals surface area contributed by atoms with Gasteiger partial charge in [-0.1, -0.05) is 18.2 Å². The summed E-state index contributed by atoms with van der Waals surface area (Å²) in [4.78, 5) is 50.3. The summed E-state index contributed by atoms with van der Waals surface area (Å²) >= 11 is 0. The van der Waals surface area contributed by atoms with Gasteiger partial charge in [-0.3, -0.25) is 4.79 Å². The number of rotatable bonds is 8. The molecule has 3 rings (SSSR count). The predicted molar refractivity (Wildman–Crippen MR) is 114 cm³/mol. The number of carbonyl (C=O) groups excluding carboxylic acids is 1. The molecule has 1 atom stereocenters. The highest BCUT2D eigenvalue weighted by atomic mass is 16.6. The molecule has 10 heteroatoms. The predicted octanol–water partition coefficient (Wildman–Crippen LogP) is 0.192. The summed E-state index contributed by atoms with van der Waals surface area (Å²) in [6.45, 7) is 8.99. The van der Waals surface area contributed by atoms with Gasteiger partial charge in [-0.05, 0) is 24.6 Å². The molecule has 1 unspecified atom stereocenters. The highest BCUT2D eigenvalue weighted by Gasteiger charge is 2.19. The van der Waals surface area contributed by atoms with E-state index in [-0.39, 0.29) is 13.1 Å². The third kappa shape index (κ3) is 4.52. The van der Waals surface area contributed by atoms with Gasteiger partial charge in [-0.15, -0.1) is 13.2 Å². The van der Waals surface area contributed by atoms with E-state index in [2.05, 4.69) is 18.5 Å². The Morgan fingerprint density at radius 1 is 1.00 bits per heavy atom. The molecular formula is C21H24N4O6. The third-order valence-electron chi connectivity index (χ3n) is 4.75. The van der Waals surface area contributed by atoms with Crippen LogP contribution < -0.4 is 31.9 Å². The molecule has 164 valence electrons. The molecule has 10 nitrogen and oxygen atoms in total. The SMILES string of the molecule is C=CCn1c(=O)n(CC=C)c(=O)n(CC(=O)NC(C)c2ccc3c(c2)OCCO3)c1=O. The van der Waals surface area contributed by atoms with E-state index in [1.807, 2.05) is 0 Å². The van der Waals surface area contributed by atoms with Crippen molar-refractivity contribution in [2.45, 2.75) is 32.6 Å². The molecule has 1 N–H and O–H groups in total. The number of hydrogen-bond acceptors (Lipinski definition) is 6. The van der Waals surface area contributed by atoms with Gasteiger partial charge in [-0.25, -0.2) is 28.1 Å². The Labute approximate surface area is 177 Å². The third-order valence-corrected chi connectivity index (χ3v) is 4.75. The molecule has 2 heterocycles. The van der Waals surface area contributed by atoms with Crippen LogP contribution in [-0.4, -0.2) is 32.8 Å². The molecule has 31 heavy (non-hydrogen) atoms. The average molecular weight is 428 g/mol. The molecule has 0 saturated carbocycles. The van der Waals surface area contributed by atoms with Crippen molar-refractivity contribution < 1.29 is 14.3 Å². The Hall–Kier alpha value is -3.82. The quantitative estimate of drug-likeness (QED) is 0.601. The smallest absolute Gasteiger partial charge is 0.337 e. The molecular weight excluding hydrogens is 404 g/mol. The van der Waals surface area contributed by atoms with Crippen molar-refractivity contribution in [3.8, 4) is 11.5 Å². The number of fused-ring (bicyclic) bond motifs is 1. The van der Waals surface area contributed by atoms with E-state index in [1.165, 1.54) is 12.2 Å². The first-order chi connectivity index (χ1) is 14.9.